The van der Waals surface area contributed by atoms with E-state index in [1.165, 1.54) is 28.2 Å². The second-order valence-corrected chi connectivity index (χ2v) is 10.3. The Balaban J connectivity index is 1.37. The van der Waals surface area contributed by atoms with Crippen molar-refractivity contribution >= 4 is 27.7 Å². The lowest BCUT2D eigenvalue weighted by Crippen LogP contribution is -2.38. The molecule has 1 fully saturated rings. The van der Waals surface area contributed by atoms with Crippen molar-refractivity contribution in [2.24, 2.45) is 0 Å². The highest BCUT2D eigenvalue weighted by atomic mass is 32.2. The normalized spacial score (nSPS) is 15.5. The molecular weight excluding hydrogens is 469 g/mol. The molecule has 1 aliphatic rings. The summed E-state index contributed by atoms with van der Waals surface area (Å²) in [5.41, 5.74) is 0. The number of amides is 1. The van der Waals surface area contributed by atoms with Gasteiger partial charge in [-0.05, 0) is 49.7 Å². The van der Waals surface area contributed by atoms with Gasteiger partial charge in [-0.1, -0.05) is 11.8 Å². The van der Waals surface area contributed by atoms with Crippen LogP contribution in [0, 0.1) is 5.82 Å². The molecule has 4 rings (SSSR count). The summed E-state index contributed by atoms with van der Waals surface area (Å²) in [6, 6.07) is 8.36. The quantitative estimate of drug-likeness (QED) is 0.467. The molecule has 3 aromatic rings. The first-order chi connectivity index (χ1) is 15.9. The number of carbonyl (C=O) groups is 1. The zero-order valence-corrected chi connectivity index (χ0v) is 19.7. The van der Waals surface area contributed by atoms with Gasteiger partial charge in [-0.2, -0.15) is 4.31 Å². The minimum atomic E-state index is -3.74. The van der Waals surface area contributed by atoms with E-state index in [2.05, 4.69) is 10.2 Å². The number of benzene rings is 1. The molecule has 3 heterocycles. The Morgan fingerprint density at radius 3 is 2.61 bits per heavy atom. The predicted molar refractivity (Wildman–Crippen MR) is 120 cm³/mol. The molecule has 9 nitrogen and oxygen atoms in total. The first kappa shape index (κ1) is 23.5. The lowest BCUT2D eigenvalue weighted by molar-refractivity contribution is -0.128. The number of thioether (sulfide) groups is 1. The van der Waals surface area contributed by atoms with E-state index >= 15 is 0 Å². The number of carbonyl (C=O) groups excluding carboxylic acids is 1. The molecule has 0 bridgehead atoms. The van der Waals surface area contributed by atoms with Crippen LogP contribution in [0.5, 0.6) is 0 Å². The summed E-state index contributed by atoms with van der Waals surface area (Å²) in [5, 5.41) is 8.99. The van der Waals surface area contributed by atoms with E-state index in [9.17, 15) is 17.6 Å². The van der Waals surface area contributed by atoms with Gasteiger partial charge in [0, 0.05) is 32.7 Å². The van der Waals surface area contributed by atoms with Crippen LogP contribution in [0.1, 0.15) is 13.3 Å². The van der Waals surface area contributed by atoms with Gasteiger partial charge in [-0.25, -0.2) is 12.8 Å². The van der Waals surface area contributed by atoms with Crippen molar-refractivity contribution in [3.05, 3.63) is 48.5 Å². The summed E-state index contributed by atoms with van der Waals surface area (Å²) in [7, 11) is -3.74. The lowest BCUT2D eigenvalue weighted by atomic mass is 10.4. The minimum Gasteiger partial charge on any atom is -0.461 e. The maximum atomic E-state index is 13.2. The number of aromatic nitrogens is 3. The van der Waals surface area contributed by atoms with Gasteiger partial charge in [0.15, 0.2) is 16.7 Å². The van der Waals surface area contributed by atoms with E-state index in [0.29, 0.717) is 42.8 Å². The Morgan fingerprint density at radius 1 is 1.12 bits per heavy atom. The number of furan rings is 1. The van der Waals surface area contributed by atoms with Gasteiger partial charge in [0.2, 0.25) is 15.9 Å². The first-order valence-electron chi connectivity index (χ1n) is 10.5. The van der Waals surface area contributed by atoms with Crippen LogP contribution >= 0.6 is 11.8 Å². The van der Waals surface area contributed by atoms with Gasteiger partial charge >= 0.3 is 0 Å². The standard InChI is InChI=1S/C21H24FN5O4S2/c1-2-27-20(18-5-3-14-31-18)23-24-21(27)32-15-19(28)25-10-4-11-26(13-12-25)33(29,30)17-8-6-16(22)7-9-17/h3,5-9,14H,2,4,10-13,15H2,1H3. The second kappa shape index (κ2) is 10.1. The molecule has 1 aliphatic heterocycles. The SMILES string of the molecule is CCn1c(SCC(=O)N2CCCN(S(=O)(=O)c3ccc(F)cc3)CC2)nnc1-c1ccco1. The van der Waals surface area contributed by atoms with Crippen LogP contribution in [-0.2, 0) is 21.4 Å². The molecular formula is C21H24FN5O4S2. The molecule has 1 saturated heterocycles. The fourth-order valence-electron chi connectivity index (χ4n) is 3.63. The zero-order chi connectivity index (χ0) is 23.4. The summed E-state index contributed by atoms with van der Waals surface area (Å²) in [5.74, 6) is 0.799. The highest BCUT2D eigenvalue weighted by Gasteiger charge is 2.28. The number of rotatable bonds is 7. The van der Waals surface area contributed by atoms with Crippen molar-refractivity contribution in [2.45, 2.75) is 29.9 Å². The molecule has 0 aliphatic carbocycles. The van der Waals surface area contributed by atoms with Gasteiger partial charge in [0.25, 0.3) is 0 Å². The van der Waals surface area contributed by atoms with Crippen molar-refractivity contribution in [1.29, 1.82) is 0 Å². The Kier molecular flexibility index (Phi) is 7.15. The fourth-order valence-corrected chi connectivity index (χ4v) is 6.00. The second-order valence-electron chi connectivity index (χ2n) is 7.41. The van der Waals surface area contributed by atoms with Gasteiger partial charge in [0.1, 0.15) is 5.82 Å². The summed E-state index contributed by atoms with van der Waals surface area (Å²) in [6.45, 7) is 3.83. The number of halogens is 1. The van der Waals surface area contributed by atoms with Gasteiger partial charge in [-0.15, -0.1) is 10.2 Å². The molecule has 0 radical (unpaired) electrons. The summed E-state index contributed by atoms with van der Waals surface area (Å²) in [6.07, 6.45) is 2.09. The molecule has 176 valence electrons. The van der Waals surface area contributed by atoms with Crippen LogP contribution in [0.3, 0.4) is 0 Å². The van der Waals surface area contributed by atoms with E-state index in [1.54, 1.807) is 23.3 Å². The Bertz CT molecular complexity index is 1200. The average Bonchev–Trinajstić information content (AvgIpc) is 3.41. The monoisotopic (exact) mass is 493 g/mol. The first-order valence-corrected chi connectivity index (χ1v) is 13.0. The predicted octanol–water partition coefficient (Wildman–Crippen LogP) is 2.71. The van der Waals surface area contributed by atoms with Crippen molar-refractivity contribution in [3.63, 3.8) is 0 Å². The smallest absolute Gasteiger partial charge is 0.243 e. The van der Waals surface area contributed by atoms with Crippen LogP contribution in [-0.4, -0.2) is 70.2 Å². The molecule has 1 aromatic carbocycles. The maximum Gasteiger partial charge on any atom is 0.243 e. The number of hydrogen-bond donors (Lipinski definition) is 0. The largest absolute Gasteiger partial charge is 0.461 e. The van der Waals surface area contributed by atoms with Gasteiger partial charge < -0.3 is 9.32 Å². The molecule has 12 heteroatoms. The molecule has 1 amide bonds. The third-order valence-corrected chi connectivity index (χ3v) is 8.22. The van der Waals surface area contributed by atoms with Crippen molar-refractivity contribution < 1.29 is 22.0 Å². The van der Waals surface area contributed by atoms with Crippen molar-refractivity contribution in [3.8, 4) is 11.6 Å². The Hall–Kier alpha value is -2.70. The molecule has 0 spiro atoms. The fraction of sp³-hybridized carbons (Fsp3) is 0.381. The van der Waals surface area contributed by atoms with E-state index in [4.69, 9.17) is 4.42 Å². The summed E-state index contributed by atoms with van der Waals surface area (Å²) >= 11 is 1.29. The number of hydrogen-bond acceptors (Lipinski definition) is 7. The van der Waals surface area contributed by atoms with E-state index in [-0.39, 0.29) is 29.6 Å². The van der Waals surface area contributed by atoms with Gasteiger partial charge in [0.05, 0.1) is 16.9 Å². The van der Waals surface area contributed by atoms with E-state index < -0.39 is 15.8 Å². The Labute approximate surface area is 195 Å². The highest BCUT2D eigenvalue weighted by molar-refractivity contribution is 7.99. The van der Waals surface area contributed by atoms with Crippen LogP contribution in [0.4, 0.5) is 4.39 Å². The number of sulfonamides is 1. The van der Waals surface area contributed by atoms with Crippen LogP contribution in [0.2, 0.25) is 0 Å². The third kappa shape index (κ3) is 5.12. The average molecular weight is 494 g/mol. The summed E-state index contributed by atoms with van der Waals surface area (Å²) in [4.78, 5) is 14.6. The third-order valence-electron chi connectivity index (χ3n) is 5.36. The molecule has 0 unspecified atom stereocenters. The zero-order valence-electron chi connectivity index (χ0n) is 18.1. The maximum absolute atomic E-state index is 13.2. The van der Waals surface area contributed by atoms with E-state index in [1.807, 2.05) is 11.5 Å². The minimum absolute atomic E-state index is 0.0468. The Morgan fingerprint density at radius 2 is 1.91 bits per heavy atom. The van der Waals surface area contributed by atoms with Crippen LogP contribution in [0.25, 0.3) is 11.6 Å². The highest BCUT2D eigenvalue weighted by Crippen LogP contribution is 2.25. The van der Waals surface area contributed by atoms with Crippen LogP contribution < -0.4 is 0 Å². The molecule has 2 aromatic heterocycles. The molecule has 0 N–H and O–H groups in total. The van der Waals surface area contributed by atoms with Gasteiger partial charge in [-0.3, -0.25) is 9.36 Å². The van der Waals surface area contributed by atoms with Crippen molar-refractivity contribution in [2.75, 3.05) is 31.9 Å². The summed E-state index contributed by atoms with van der Waals surface area (Å²) < 4.78 is 47.6. The topological polar surface area (TPSA) is 102 Å². The van der Waals surface area contributed by atoms with Crippen LogP contribution in [0.15, 0.2) is 57.1 Å². The van der Waals surface area contributed by atoms with E-state index in [0.717, 1.165) is 12.1 Å². The molecule has 0 saturated carbocycles. The molecule has 0 atom stereocenters. The van der Waals surface area contributed by atoms with Crippen molar-refractivity contribution in [1.82, 2.24) is 24.0 Å². The lowest BCUT2D eigenvalue weighted by Gasteiger charge is -2.22. The molecule has 33 heavy (non-hydrogen) atoms. The number of nitrogens with zero attached hydrogens (tertiary/aromatic N) is 5.